The molecular formula is C19H14F3N3. The van der Waals surface area contributed by atoms with E-state index < -0.39 is 11.7 Å². The number of rotatable bonds is 2. The lowest BCUT2D eigenvalue weighted by Gasteiger charge is -2.10. The predicted octanol–water partition coefficient (Wildman–Crippen LogP) is 5.79. The zero-order chi connectivity index (χ0) is 17.6. The van der Waals surface area contributed by atoms with Crippen LogP contribution in [0.5, 0.6) is 0 Å². The molecule has 4 aromatic rings. The molecule has 0 fully saturated rings. The first-order valence-corrected chi connectivity index (χ1v) is 7.73. The number of pyridine rings is 1. The molecule has 0 amide bonds. The highest BCUT2D eigenvalue weighted by Gasteiger charge is 2.30. The average molecular weight is 341 g/mol. The number of nitrogens with one attached hydrogen (secondary N) is 2. The standard InChI is InChI=1S/C19H14F3N3/c1-11-8-14(10-17-15(11)6-7-23-17)24-18-5-3-12-2-4-13(19(20,21)22)9-16(12)25-18/h2-10,23H,1H3,(H,24,25). The van der Waals surface area contributed by atoms with Crippen molar-refractivity contribution in [1.82, 2.24) is 9.97 Å². The molecule has 0 unspecified atom stereocenters. The summed E-state index contributed by atoms with van der Waals surface area (Å²) in [5.74, 6) is 0.497. The zero-order valence-corrected chi connectivity index (χ0v) is 13.3. The van der Waals surface area contributed by atoms with Crippen molar-refractivity contribution in [2.75, 3.05) is 5.32 Å². The molecule has 2 aromatic heterocycles. The molecule has 2 heterocycles. The minimum atomic E-state index is -4.38. The summed E-state index contributed by atoms with van der Waals surface area (Å²) in [4.78, 5) is 7.48. The van der Waals surface area contributed by atoms with Gasteiger partial charge in [0.1, 0.15) is 5.82 Å². The molecular weight excluding hydrogens is 327 g/mol. The van der Waals surface area contributed by atoms with Gasteiger partial charge in [0, 0.05) is 28.2 Å². The molecule has 2 N–H and O–H groups in total. The Morgan fingerprint density at radius 2 is 1.80 bits per heavy atom. The molecule has 0 saturated heterocycles. The lowest BCUT2D eigenvalue weighted by Crippen LogP contribution is -2.04. The van der Waals surface area contributed by atoms with Crippen molar-refractivity contribution in [3.05, 3.63) is 65.9 Å². The molecule has 0 aliphatic heterocycles. The molecule has 25 heavy (non-hydrogen) atoms. The summed E-state index contributed by atoms with van der Waals surface area (Å²) < 4.78 is 38.6. The van der Waals surface area contributed by atoms with Gasteiger partial charge in [-0.3, -0.25) is 0 Å². The van der Waals surface area contributed by atoms with Gasteiger partial charge in [0.25, 0.3) is 0 Å². The number of anilines is 2. The topological polar surface area (TPSA) is 40.7 Å². The Balaban J connectivity index is 1.72. The molecule has 0 bridgehead atoms. The van der Waals surface area contributed by atoms with Crippen molar-refractivity contribution in [2.45, 2.75) is 13.1 Å². The number of fused-ring (bicyclic) bond motifs is 2. The normalized spacial score (nSPS) is 12.0. The molecule has 0 radical (unpaired) electrons. The fourth-order valence-electron chi connectivity index (χ4n) is 2.94. The summed E-state index contributed by atoms with van der Waals surface area (Å²) in [6, 6.07) is 13.0. The minimum Gasteiger partial charge on any atom is -0.361 e. The first-order valence-electron chi connectivity index (χ1n) is 7.73. The Bertz CT molecular complexity index is 1080. The molecule has 4 rings (SSSR count). The van der Waals surface area contributed by atoms with Crippen LogP contribution in [0, 0.1) is 6.92 Å². The van der Waals surface area contributed by atoms with Crippen LogP contribution in [-0.2, 0) is 6.18 Å². The van der Waals surface area contributed by atoms with Gasteiger partial charge in [-0.2, -0.15) is 13.2 Å². The van der Waals surface area contributed by atoms with Crippen LogP contribution in [0.25, 0.3) is 21.8 Å². The van der Waals surface area contributed by atoms with Gasteiger partial charge in [0.05, 0.1) is 11.1 Å². The van der Waals surface area contributed by atoms with E-state index in [2.05, 4.69) is 15.3 Å². The van der Waals surface area contributed by atoms with Gasteiger partial charge in [-0.1, -0.05) is 6.07 Å². The number of halogens is 3. The van der Waals surface area contributed by atoms with E-state index in [0.29, 0.717) is 16.7 Å². The van der Waals surface area contributed by atoms with Crippen LogP contribution >= 0.6 is 0 Å². The third kappa shape index (κ3) is 2.91. The van der Waals surface area contributed by atoms with Crippen molar-refractivity contribution >= 4 is 33.3 Å². The second-order valence-electron chi connectivity index (χ2n) is 5.96. The van der Waals surface area contributed by atoms with Gasteiger partial charge in [-0.15, -0.1) is 0 Å². The number of aromatic nitrogens is 2. The van der Waals surface area contributed by atoms with E-state index in [0.717, 1.165) is 34.3 Å². The van der Waals surface area contributed by atoms with Gasteiger partial charge in [-0.25, -0.2) is 4.98 Å². The summed E-state index contributed by atoms with van der Waals surface area (Å²) in [6.07, 6.45) is -2.51. The largest absolute Gasteiger partial charge is 0.416 e. The number of aromatic amines is 1. The molecule has 0 saturated carbocycles. The van der Waals surface area contributed by atoms with E-state index in [9.17, 15) is 13.2 Å². The van der Waals surface area contributed by atoms with E-state index in [1.165, 1.54) is 6.07 Å². The number of hydrogen-bond acceptors (Lipinski definition) is 2. The van der Waals surface area contributed by atoms with E-state index in [-0.39, 0.29) is 0 Å². The van der Waals surface area contributed by atoms with Crippen molar-refractivity contribution < 1.29 is 13.2 Å². The second kappa shape index (κ2) is 5.51. The highest BCUT2D eigenvalue weighted by molar-refractivity contribution is 5.87. The maximum Gasteiger partial charge on any atom is 0.416 e. The van der Waals surface area contributed by atoms with Crippen LogP contribution in [0.4, 0.5) is 24.7 Å². The van der Waals surface area contributed by atoms with Crippen LogP contribution in [0.15, 0.2) is 54.7 Å². The summed E-state index contributed by atoms with van der Waals surface area (Å²) in [5.41, 5.74) is 2.51. The van der Waals surface area contributed by atoms with E-state index in [1.807, 2.05) is 31.3 Å². The van der Waals surface area contributed by atoms with E-state index >= 15 is 0 Å². The quantitative estimate of drug-likeness (QED) is 0.485. The van der Waals surface area contributed by atoms with Crippen LogP contribution in [0.3, 0.4) is 0 Å². The molecule has 0 atom stereocenters. The Kier molecular flexibility index (Phi) is 3.42. The Hall–Kier alpha value is -3.02. The number of aryl methyl sites for hydroxylation is 1. The van der Waals surface area contributed by atoms with Gasteiger partial charge >= 0.3 is 6.18 Å². The fourth-order valence-corrected chi connectivity index (χ4v) is 2.94. The molecule has 2 aromatic carbocycles. The number of H-pyrrole nitrogens is 1. The van der Waals surface area contributed by atoms with Crippen molar-refractivity contribution in [2.24, 2.45) is 0 Å². The first-order chi connectivity index (χ1) is 11.9. The van der Waals surface area contributed by atoms with Crippen LogP contribution in [0.2, 0.25) is 0 Å². The molecule has 126 valence electrons. The summed E-state index contributed by atoms with van der Waals surface area (Å²) in [6.45, 7) is 2.00. The number of hydrogen-bond donors (Lipinski definition) is 2. The van der Waals surface area contributed by atoms with Crippen LogP contribution in [0.1, 0.15) is 11.1 Å². The molecule has 3 nitrogen and oxygen atoms in total. The first kappa shape index (κ1) is 15.5. The molecule has 0 spiro atoms. The molecule has 0 aliphatic rings. The number of nitrogens with zero attached hydrogens (tertiary/aromatic N) is 1. The summed E-state index contributed by atoms with van der Waals surface area (Å²) in [5, 5.41) is 4.96. The highest BCUT2D eigenvalue weighted by Crippen LogP contribution is 2.31. The second-order valence-corrected chi connectivity index (χ2v) is 5.96. The fraction of sp³-hybridized carbons (Fsp3) is 0.105. The maximum atomic E-state index is 12.9. The van der Waals surface area contributed by atoms with E-state index in [1.54, 1.807) is 12.1 Å². The van der Waals surface area contributed by atoms with E-state index in [4.69, 9.17) is 0 Å². The van der Waals surface area contributed by atoms with Crippen molar-refractivity contribution in [1.29, 1.82) is 0 Å². The minimum absolute atomic E-state index is 0.303. The third-order valence-electron chi connectivity index (χ3n) is 4.17. The summed E-state index contributed by atoms with van der Waals surface area (Å²) in [7, 11) is 0. The number of benzene rings is 2. The third-order valence-corrected chi connectivity index (χ3v) is 4.17. The highest BCUT2D eigenvalue weighted by atomic mass is 19.4. The van der Waals surface area contributed by atoms with Crippen molar-refractivity contribution in [3.8, 4) is 0 Å². The number of alkyl halides is 3. The molecule has 6 heteroatoms. The maximum absolute atomic E-state index is 12.9. The van der Waals surface area contributed by atoms with Gasteiger partial charge < -0.3 is 10.3 Å². The predicted molar refractivity (Wildman–Crippen MR) is 93.1 cm³/mol. The monoisotopic (exact) mass is 341 g/mol. The van der Waals surface area contributed by atoms with Gasteiger partial charge in [0.15, 0.2) is 0 Å². The average Bonchev–Trinajstić information content (AvgIpc) is 3.02. The van der Waals surface area contributed by atoms with Gasteiger partial charge in [-0.05, 0) is 55.0 Å². The lowest BCUT2D eigenvalue weighted by molar-refractivity contribution is -0.137. The smallest absolute Gasteiger partial charge is 0.361 e. The Morgan fingerprint density at radius 3 is 2.60 bits per heavy atom. The summed E-state index contributed by atoms with van der Waals surface area (Å²) >= 11 is 0. The lowest BCUT2D eigenvalue weighted by atomic mass is 10.1. The van der Waals surface area contributed by atoms with Crippen LogP contribution < -0.4 is 5.32 Å². The SMILES string of the molecule is Cc1cc(Nc2ccc3ccc(C(F)(F)F)cc3n2)cc2[nH]ccc12. The Labute approximate surface area is 141 Å². The van der Waals surface area contributed by atoms with Crippen LogP contribution in [-0.4, -0.2) is 9.97 Å². The Morgan fingerprint density at radius 1 is 1.00 bits per heavy atom. The van der Waals surface area contributed by atoms with Gasteiger partial charge in [0.2, 0.25) is 0 Å². The molecule has 0 aliphatic carbocycles. The van der Waals surface area contributed by atoms with Crippen molar-refractivity contribution in [3.63, 3.8) is 0 Å². The zero-order valence-electron chi connectivity index (χ0n) is 13.3.